The van der Waals surface area contributed by atoms with Crippen LogP contribution in [0.5, 0.6) is 0 Å². The number of rotatable bonds is 8. The predicted molar refractivity (Wildman–Crippen MR) is 162 cm³/mol. The van der Waals surface area contributed by atoms with Crippen LogP contribution in [0.1, 0.15) is 70.8 Å². The van der Waals surface area contributed by atoms with E-state index in [1.807, 2.05) is 4.57 Å². The molecule has 2 aliphatic heterocycles. The summed E-state index contributed by atoms with van der Waals surface area (Å²) in [6.45, 7) is 13.2. The van der Waals surface area contributed by atoms with Crippen molar-refractivity contribution in [3.05, 3.63) is 70.3 Å². The maximum absolute atomic E-state index is 13.9. The largest absolute Gasteiger partial charge is 0.371 e. The van der Waals surface area contributed by atoms with Gasteiger partial charge >= 0.3 is 0 Å². The van der Waals surface area contributed by atoms with Crippen molar-refractivity contribution in [1.29, 1.82) is 0 Å². The molecular formula is C32H46N6O. The number of anilines is 1. The molecule has 0 saturated carbocycles. The molecule has 2 fully saturated rings. The van der Waals surface area contributed by atoms with Gasteiger partial charge in [0.25, 0.3) is 5.56 Å². The van der Waals surface area contributed by atoms with E-state index in [2.05, 4.69) is 104 Å². The molecule has 2 N–H and O–H groups in total. The van der Waals surface area contributed by atoms with Gasteiger partial charge in [0.2, 0.25) is 0 Å². The van der Waals surface area contributed by atoms with E-state index in [1.165, 1.54) is 5.56 Å². The van der Waals surface area contributed by atoms with E-state index in [4.69, 9.17) is 4.98 Å². The Morgan fingerprint density at radius 2 is 1.74 bits per heavy atom. The van der Waals surface area contributed by atoms with Crippen LogP contribution >= 0.6 is 0 Å². The third-order valence-corrected chi connectivity index (χ3v) is 8.96. The second-order valence-corrected chi connectivity index (χ2v) is 11.6. The second kappa shape index (κ2) is 11.8. The molecule has 0 aliphatic carbocycles. The SMILES string of the molecule is CCCC(c1nc2ccc(N3CCC(NC)(c4ccccc4)CC3)cc2c(=O)n1CC)N1C[C@@H](C)N[C@@H](C)C1. The summed E-state index contributed by atoms with van der Waals surface area (Å²) in [6.07, 6.45) is 4.09. The Hall–Kier alpha value is -2.74. The van der Waals surface area contributed by atoms with Gasteiger partial charge in [0.15, 0.2) is 0 Å². The molecule has 3 atom stereocenters. The highest BCUT2D eigenvalue weighted by Crippen LogP contribution is 2.35. The number of hydrogen-bond donors (Lipinski definition) is 2. The molecule has 3 heterocycles. The summed E-state index contributed by atoms with van der Waals surface area (Å²) in [6, 6.07) is 18.1. The van der Waals surface area contributed by atoms with E-state index < -0.39 is 0 Å². The van der Waals surface area contributed by atoms with E-state index in [0.29, 0.717) is 18.6 Å². The molecule has 1 aromatic heterocycles. The fraction of sp³-hybridized carbons (Fsp3) is 0.562. The number of fused-ring (bicyclic) bond motifs is 1. The standard InChI is InChI=1S/C32H46N6O/c1-6-11-29(37-21-23(3)34-24(4)22-37)30-35-28-15-14-26(20-27(28)31(39)38(30)7-2)36-18-16-32(33-5,17-19-36)25-12-9-8-10-13-25/h8-10,12-15,20,23-24,29,33-34H,6-7,11,16-19,21-22H2,1-5H3/t23-,24+,29?. The minimum absolute atomic E-state index is 0.00670. The first kappa shape index (κ1) is 27.8. The van der Waals surface area contributed by atoms with Crippen LogP contribution in [0.4, 0.5) is 5.69 Å². The molecule has 7 heteroatoms. The number of piperazine rings is 1. The molecule has 0 radical (unpaired) electrons. The average Bonchev–Trinajstić information content (AvgIpc) is 2.96. The molecule has 2 saturated heterocycles. The third kappa shape index (κ3) is 5.49. The fourth-order valence-corrected chi connectivity index (χ4v) is 6.94. The molecular weight excluding hydrogens is 484 g/mol. The van der Waals surface area contributed by atoms with Gasteiger partial charge in [0.05, 0.1) is 16.9 Å². The van der Waals surface area contributed by atoms with Crippen LogP contribution in [0.25, 0.3) is 10.9 Å². The highest BCUT2D eigenvalue weighted by molar-refractivity contribution is 5.82. The molecule has 7 nitrogen and oxygen atoms in total. The number of hydrogen-bond acceptors (Lipinski definition) is 6. The van der Waals surface area contributed by atoms with Crippen LogP contribution in [0.2, 0.25) is 0 Å². The van der Waals surface area contributed by atoms with Crippen molar-refractivity contribution in [3.8, 4) is 0 Å². The van der Waals surface area contributed by atoms with Gasteiger partial charge in [-0.05, 0) is 70.8 Å². The molecule has 3 aromatic rings. The maximum Gasteiger partial charge on any atom is 0.261 e. The fourth-order valence-electron chi connectivity index (χ4n) is 6.94. The van der Waals surface area contributed by atoms with E-state index in [1.54, 1.807) is 0 Å². The molecule has 2 aromatic carbocycles. The summed E-state index contributed by atoms with van der Waals surface area (Å²) < 4.78 is 1.93. The summed E-state index contributed by atoms with van der Waals surface area (Å²) in [5.74, 6) is 0.922. The third-order valence-electron chi connectivity index (χ3n) is 8.96. The Kier molecular flexibility index (Phi) is 8.40. The van der Waals surface area contributed by atoms with Gasteiger partial charge in [-0.2, -0.15) is 0 Å². The zero-order valence-corrected chi connectivity index (χ0v) is 24.4. The van der Waals surface area contributed by atoms with Crippen molar-refractivity contribution >= 4 is 16.6 Å². The minimum Gasteiger partial charge on any atom is -0.371 e. The zero-order chi connectivity index (χ0) is 27.6. The lowest BCUT2D eigenvalue weighted by Gasteiger charge is -2.43. The Bertz CT molecular complexity index is 1300. The molecule has 0 spiro atoms. The van der Waals surface area contributed by atoms with Crippen LogP contribution in [0.3, 0.4) is 0 Å². The predicted octanol–water partition coefficient (Wildman–Crippen LogP) is 4.65. The summed E-state index contributed by atoms with van der Waals surface area (Å²) in [5.41, 5.74) is 3.36. The number of aromatic nitrogens is 2. The van der Waals surface area contributed by atoms with Crippen molar-refractivity contribution in [2.45, 2.75) is 83.6 Å². The van der Waals surface area contributed by atoms with Crippen molar-refractivity contribution in [3.63, 3.8) is 0 Å². The number of benzene rings is 2. The van der Waals surface area contributed by atoms with E-state index in [0.717, 1.165) is 74.3 Å². The smallest absolute Gasteiger partial charge is 0.261 e. The van der Waals surface area contributed by atoms with Crippen molar-refractivity contribution in [1.82, 2.24) is 25.1 Å². The first-order valence-electron chi connectivity index (χ1n) is 14.9. The number of piperidine rings is 1. The monoisotopic (exact) mass is 530 g/mol. The lowest BCUT2D eigenvalue weighted by molar-refractivity contribution is 0.109. The highest BCUT2D eigenvalue weighted by atomic mass is 16.1. The maximum atomic E-state index is 13.9. The summed E-state index contributed by atoms with van der Waals surface area (Å²) in [7, 11) is 2.07. The highest BCUT2D eigenvalue weighted by Gasteiger charge is 2.35. The lowest BCUT2D eigenvalue weighted by atomic mass is 9.81. The van der Waals surface area contributed by atoms with Crippen molar-refractivity contribution in [2.24, 2.45) is 0 Å². The van der Waals surface area contributed by atoms with Crippen LogP contribution in [-0.2, 0) is 12.1 Å². The van der Waals surface area contributed by atoms with Gasteiger partial charge in [-0.1, -0.05) is 43.7 Å². The van der Waals surface area contributed by atoms with E-state index in [9.17, 15) is 4.79 Å². The molecule has 0 amide bonds. The van der Waals surface area contributed by atoms with Gasteiger partial charge in [-0.25, -0.2) is 4.98 Å². The average molecular weight is 531 g/mol. The summed E-state index contributed by atoms with van der Waals surface area (Å²) in [5, 5.41) is 7.99. The lowest BCUT2D eigenvalue weighted by Crippen LogP contribution is -2.55. The molecule has 1 unspecified atom stereocenters. The molecule has 210 valence electrons. The molecule has 5 rings (SSSR count). The van der Waals surface area contributed by atoms with Gasteiger partial charge in [0, 0.05) is 56.0 Å². The van der Waals surface area contributed by atoms with E-state index >= 15 is 0 Å². The Morgan fingerprint density at radius 1 is 1.05 bits per heavy atom. The van der Waals surface area contributed by atoms with Crippen LogP contribution in [-0.4, -0.2) is 59.8 Å². The van der Waals surface area contributed by atoms with Gasteiger partial charge in [-0.15, -0.1) is 0 Å². The zero-order valence-electron chi connectivity index (χ0n) is 24.4. The summed E-state index contributed by atoms with van der Waals surface area (Å²) in [4.78, 5) is 24.1. The molecule has 39 heavy (non-hydrogen) atoms. The first-order valence-corrected chi connectivity index (χ1v) is 14.9. The number of nitrogens with one attached hydrogen (secondary N) is 2. The van der Waals surface area contributed by atoms with Gasteiger partial charge in [0.1, 0.15) is 5.82 Å². The van der Waals surface area contributed by atoms with Crippen molar-refractivity contribution in [2.75, 3.05) is 38.1 Å². The number of nitrogens with zero attached hydrogens (tertiary/aromatic N) is 4. The molecule has 2 aliphatic rings. The minimum atomic E-state index is -0.00670. The summed E-state index contributed by atoms with van der Waals surface area (Å²) >= 11 is 0. The normalized spacial score (nSPS) is 22.7. The van der Waals surface area contributed by atoms with Crippen LogP contribution in [0, 0.1) is 0 Å². The van der Waals surface area contributed by atoms with Crippen LogP contribution in [0.15, 0.2) is 53.3 Å². The molecule has 0 bridgehead atoms. The second-order valence-electron chi connectivity index (χ2n) is 11.6. The Balaban J connectivity index is 1.45. The van der Waals surface area contributed by atoms with Crippen LogP contribution < -0.4 is 21.1 Å². The Morgan fingerprint density at radius 3 is 2.36 bits per heavy atom. The quantitative estimate of drug-likeness (QED) is 0.442. The first-order chi connectivity index (χ1) is 18.9. The topological polar surface area (TPSA) is 65.4 Å². The van der Waals surface area contributed by atoms with E-state index in [-0.39, 0.29) is 17.1 Å². The van der Waals surface area contributed by atoms with Gasteiger partial charge in [-0.3, -0.25) is 14.3 Å². The van der Waals surface area contributed by atoms with Crippen molar-refractivity contribution < 1.29 is 0 Å². The Labute approximate surface area is 233 Å². The van der Waals surface area contributed by atoms with Gasteiger partial charge < -0.3 is 15.5 Å².